The van der Waals surface area contributed by atoms with E-state index in [1.54, 1.807) is 0 Å². The normalized spacial score (nSPS) is 11.4. The summed E-state index contributed by atoms with van der Waals surface area (Å²) >= 11 is 0. The number of rotatable bonds is 0. The quantitative estimate of drug-likeness (QED) is 0.445. The van der Waals surface area contributed by atoms with Crippen molar-refractivity contribution >= 4 is 0 Å². The molecule has 41 valence electrons. The summed E-state index contributed by atoms with van der Waals surface area (Å²) in [4.78, 5) is 0. The Morgan fingerprint density at radius 3 is 1.57 bits per heavy atom. The predicted octanol–water partition coefficient (Wildman–Crippen LogP) is 1.93. The van der Waals surface area contributed by atoms with Gasteiger partial charge in [0.2, 0.25) is 0 Å². The molecule has 0 aromatic carbocycles. The average molecular weight is 109 g/mol. The lowest BCUT2D eigenvalue weighted by Gasteiger charge is -2.00. The van der Waals surface area contributed by atoms with Gasteiger partial charge in [-0.2, -0.15) is 13.2 Å². The van der Waals surface area contributed by atoms with Gasteiger partial charge < -0.3 is 0 Å². The largest absolute Gasteiger partial charge is 0.412 e. The van der Waals surface area contributed by atoms with Crippen molar-refractivity contribution in [3.05, 3.63) is 12.2 Å². The lowest BCUT2D eigenvalue weighted by atomic mass is 10.3. The summed E-state index contributed by atoms with van der Waals surface area (Å²) < 4.78 is 33.0. The predicted molar refractivity (Wildman–Crippen MR) is 19.5 cm³/mol. The van der Waals surface area contributed by atoms with E-state index in [0.717, 1.165) is 6.92 Å². The minimum atomic E-state index is -4.31. The Hall–Kier alpha value is -0.470. The van der Waals surface area contributed by atoms with E-state index in [0.29, 0.717) is 0 Å². The zero-order valence-corrected chi connectivity index (χ0v) is 3.71. The summed E-state index contributed by atoms with van der Waals surface area (Å²) in [6.45, 7) is 5.18. The Kier molecular flexibility index (Phi) is 1.45. The van der Waals surface area contributed by atoms with Crippen LogP contribution in [0.1, 0.15) is 6.92 Å². The molecule has 7 heavy (non-hydrogen) atoms. The molecule has 1 radical (unpaired) electrons. The maximum absolute atomic E-state index is 11.0. The van der Waals surface area contributed by atoms with Crippen LogP contribution in [-0.2, 0) is 0 Å². The molecule has 0 nitrogen and oxygen atoms in total. The summed E-state index contributed by atoms with van der Waals surface area (Å²) in [6.07, 6.45) is -4.31. The number of hydrogen-bond donors (Lipinski definition) is 0. The highest BCUT2D eigenvalue weighted by atomic mass is 19.4. The minimum absolute atomic E-state index is 0.819. The van der Waals surface area contributed by atoms with Crippen LogP contribution in [0.5, 0.6) is 0 Å². The number of hydrogen-bond acceptors (Lipinski definition) is 0. The summed E-state index contributed by atoms with van der Waals surface area (Å²) in [7, 11) is 0. The van der Waals surface area contributed by atoms with Crippen molar-refractivity contribution in [2.75, 3.05) is 0 Å². The lowest BCUT2D eigenvalue weighted by molar-refractivity contribution is -0.0912. The van der Waals surface area contributed by atoms with Crippen molar-refractivity contribution in [3.8, 4) is 0 Å². The third-order valence-electron chi connectivity index (χ3n) is 0.447. The van der Waals surface area contributed by atoms with E-state index in [1.165, 1.54) is 0 Å². The van der Waals surface area contributed by atoms with Crippen molar-refractivity contribution in [1.82, 2.24) is 0 Å². The molecule has 0 aliphatic heterocycles. The van der Waals surface area contributed by atoms with Gasteiger partial charge in [0.05, 0.1) is 0 Å². The molecule has 0 rings (SSSR count). The van der Waals surface area contributed by atoms with Crippen LogP contribution in [0.3, 0.4) is 0 Å². The van der Waals surface area contributed by atoms with Crippen LogP contribution in [0.4, 0.5) is 13.2 Å². The molecule has 0 saturated carbocycles. The molecule has 0 aliphatic carbocycles. The van der Waals surface area contributed by atoms with E-state index < -0.39 is 11.7 Å². The number of allylic oxidation sites excluding steroid dienone is 1. The highest BCUT2D eigenvalue weighted by Crippen LogP contribution is 2.22. The van der Waals surface area contributed by atoms with Crippen molar-refractivity contribution in [3.63, 3.8) is 0 Å². The van der Waals surface area contributed by atoms with Gasteiger partial charge in [0.15, 0.2) is 0 Å². The third kappa shape index (κ3) is 2.25. The molecule has 0 unspecified atom stereocenters. The van der Waals surface area contributed by atoms with Gasteiger partial charge >= 0.3 is 6.18 Å². The zero-order valence-electron chi connectivity index (χ0n) is 3.71. The Balaban J connectivity index is 3.79. The molecular weight excluding hydrogens is 105 g/mol. The fourth-order valence-corrected chi connectivity index (χ4v) is 0. The van der Waals surface area contributed by atoms with Crippen LogP contribution in [0.15, 0.2) is 5.57 Å². The SMILES string of the molecule is [CH]=C(C)C(F)(F)F. The van der Waals surface area contributed by atoms with Crippen LogP contribution in [-0.4, -0.2) is 6.18 Å². The molecule has 0 bridgehead atoms. The lowest BCUT2D eigenvalue weighted by Crippen LogP contribution is -2.06. The second kappa shape index (κ2) is 1.56. The van der Waals surface area contributed by atoms with Gasteiger partial charge in [-0.1, -0.05) is 6.58 Å². The maximum atomic E-state index is 11.0. The summed E-state index contributed by atoms with van der Waals surface area (Å²) in [5.74, 6) is 0. The third-order valence-corrected chi connectivity index (χ3v) is 0.447. The topological polar surface area (TPSA) is 0 Å². The van der Waals surface area contributed by atoms with E-state index in [2.05, 4.69) is 6.58 Å². The van der Waals surface area contributed by atoms with Gasteiger partial charge in [0, 0.05) is 5.57 Å². The second-order valence-corrected chi connectivity index (χ2v) is 1.18. The molecule has 0 N–H and O–H groups in total. The summed E-state index contributed by atoms with van der Waals surface area (Å²) in [5.41, 5.74) is -1.01. The highest BCUT2D eigenvalue weighted by Gasteiger charge is 2.27. The smallest absolute Gasteiger partial charge is 0.166 e. The maximum Gasteiger partial charge on any atom is 0.412 e. The summed E-state index contributed by atoms with van der Waals surface area (Å²) in [5, 5.41) is 0. The van der Waals surface area contributed by atoms with Gasteiger partial charge in [-0.3, -0.25) is 0 Å². The van der Waals surface area contributed by atoms with E-state index in [1.807, 2.05) is 0 Å². The standard InChI is InChI=1S/C4H4F3/c1-3(2)4(5,6)7/h1H,2H3. The first-order valence-corrected chi connectivity index (χ1v) is 1.61. The Morgan fingerprint density at radius 1 is 1.43 bits per heavy atom. The fourth-order valence-electron chi connectivity index (χ4n) is 0. The van der Waals surface area contributed by atoms with Crippen LogP contribution < -0.4 is 0 Å². The molecule has 0 aromatic heterocycles. The van der Waals surface area contributed by atoms with E-state index >= 15 is 0 Å². The first-order valence-electron chi connectivity index (χ1n) is 1.61. The van der Waals surface area contributed by atoms with E-state index in [4.69, 9.17) is 0 Å². The number of alkyl halides is 3. The van der Waals surface area contributed by atoms with E-state index in [9.17, 15) is 13.2 Å². The monoisotopic (exact) mass is 109 g/mol. The average Bonchev–Trinajstić information content (AvgIpc) is 1.31. The van der Waals surface area contributed by atoms with E-state index in [-0.39, 0.29) is 0 Å². The Labute approximate surface area is 39.6 Å². The number of halogens is 3. The molecular formula is C4H4F3. The van der Waals surface area contributed by atoms with Crippen molar-refractivity contribution in [2.24, 2.45) is 0 Å². The van der Waals surface area contributed by atoms with Gasteiger partial charge in [0.25, 0.3) is 0 Å². The van der Waals surface area contributed by atoms with Crippen LogP contribution in [0.25, 0.3) is 0 Å². The molecule has 0 amide bonds. The van der Waals surface area contributed by atoms with Crippen LogP contribution >= 0.6 is 0 Å². The van der Waals surface area contributed by atoms with Gasteiger partial charge in [-0.05, 0) is 6.92 Å². The zero-order chi connectivity index (χ0) is 6.08. The molecule has 0 saturated heterocycles. The van der Waals surface area contributed by atoms with Crippen molar-refractivity contribution in [2.45, 2.75) is 13.1 Å². The second-order valence-electron chi connectivity index (χ2n) is 1.18. The molecule has 3 heteroatoms. The van der Waals surface area contributed by atoms with Gasteiger partial charge in [-0.25, -0.2) is 0 Å². The molecule has 0 atom stereocenters. The molecule has 0 aromatic rings. The summed E-state index contributed by atoms with van der Waals surface area (Å²) in [6, 6.07) is 0. The van der Waals surface area contributed by atoms with Crippen molar-refractivity contribution in [1.29, 1.82) is 0 Å². The fraction of sp³-hybridized carbons (Fsp3) is 0.500. The molecule has 0 spiro atoms. The van der Waals surface area contributed by atoms with Gasteiger partial charge in [-0.15, -0.1) is 0 Å². The Morgan fingerprint density at radius 2 is 1.57 bits per heavy atom. The highest BCUT2D eigenvalue weighted by molar-refractivity contribution is 4.93. The first-order chi connectivity index (χ1) is 2.94. The molecule has 0 aliphatic rings. The van der Waals surface area contributed by atoms with Crippen LogP contribution in [0.2, 0.25) is 0 Å². The van der Waals surface area contributed by atoms with Crippen LogP contribution in [0, 0.1) is 6.58 Å². The minimum Gasteiger partial charge on any atom is -0.166 e. The molecule has 0 fully saturated rings. The Bertz CT molecular complexity index is 79.4. The molecule has 0 heterocycles. The van der Waals surface area contributed by atoms with Gasteiger partial charge in [0.1, 0.15) is 0 Å². The first kappa shape index (κ1) is 6.53. The van der Waals surface area contributed by atoms with Crippen molar-refractivity contribution < 1.29 is 13.2 Å².